The molecule has 10 heteroatoms. The molecule has 0 saturated carbocycles. The van der Waals surface area contributed by atoms with Crippen molar-refractivity contribution in [3.8, 4) is 6.07 Å². The van der Waals surface area contributed by atoms with Crippen molar-refractivity contribution in [2.75, 3.05) is 9.62 Å². The number of aryl methyl sites for hydroxylation is 3. The molecular weight excluding hydrogens is 673 g/mol. The van der Waals surface area contributed by atoms with Crippen molar-refractivity contribution in [1.29, 1.82) is 5.26 Å². The molecule has 5 aromatic rings. The highest BCUT2D eigenvalue weighted by molar-refractivity contribution is 7.92. The summed E-state index contributed by atoms with van der Waals surface area (Å²) >= 11 is 1.34. The Labute approximate surface area is 307 Å². The van der Waals surface area contributed by atoms with Crippen molar-refractivity contribution in [3.05, 3.63) is 119 Å². The summed E-state index contributed by atoms with van der Waals surface area (Å²) in [6.07, 6.45) is 10.4. The van der Waals surface area contributed by atoms with Gasteiger partial charge in [0.2, 0.25) is 5.13 Å². The van der Waals surface area contributed by atoms with Gasteiger partial charge in [-0.1, -0.05) is 100 Å². The lowest BCUT2D eigenvalue weighted by molar-refractivity contribution is 0.601. The summed E-state index contributed by atoms with van der Waals surface area (Å²) in [6, 6.07) is 33.0. The first-order valence-corrected chi connectivity index (χ1v) is 20.2. The van der Waals surface area contributed by atoms with E-state index in [-0.39, 0.29) is 10.6 Å². The van der Waals surface area contributed by atoms with Gasteiger partial charge in [-0.05, 0) is 104 Å². The van der Waals surface area contributed by atoms with Gasteiger partial charge in [0.05, 0.1) is 10.6 Å². The van der Waals surface area contributed by atoms with Crippen molar-refractivity contribution in [1.82, 2.24) is 4.98 Å². The Hall–Kier alpha value is -4.85. The van der Waals surface area contributed by atoms with Crippen molar-refractivity contribution in [2.45, 2.75) is 89.9 Å². The molecule has 0 saturated heterocycles. The number of nitrogens with zero attached hydrogens (tertiary/aromatic N) is 5. The van der Waals surface area contributed by atoms with Crippen LogP contribution in [0.15, 0.2) is 112 Å². The number of azo groups is 1. The third-order valence-electron chi connectivity index (χ3n) is 8.61. The molecule has 0 atom stereocenters. The molecule has 8 nitrogen and oxygen atoms in total. The minimum Gasteiger partial charge on any atom is -0.310 e. The summed E-state index contributed by atoms with van der Waals surface area (Å²) < 4.78 is 30.1. The van der Waals surface area contributed by atoms with Gasteiger partial charge in [0.1, 0.15) is 11.8 Å². The zero-order chi connectivity index (χ0) is 36.1. The van der Waals surface area contributed by atoms with Gasteiger partial charge in [-0.25, -0.2) is 13.4 Å². The Morgan fingerprint density at radius 2 is 1.31 bits per heavy atom. The fourth-order valence-corrected chi connectivity index (χ4v) is 7.70. The number of aromatic nitrogens is 1. The standard InChI is InChI=1S/C41H46N6O2S2/c1-4-7-11-18-40-39(30-42)43-41(50-40)45-44-37-28-27-35(29-38(37)46-51(48,49)36-16-12-10-13-17-36)47(33-23-19-31(20-24-33)14-8-5-2)34-25-21-32(22-26-34)15-9-6-3/h10,12-13,16-17,19-29,46H,4-9,11,14-15,18H2,1-3H3. The van der Waals surface area contributed by atoms with E-state index >= 15 is 0 Å². The number of nitrogens with one attached hydrogen (secondary N) is 1. The van der Waals surface area contributed by atoms with Gasteiger partial charge < -0.3 is 4.90 Å². The van der Waals surface area contributed by atoms with Gasteiger partial charge in [-0.3, -0.25) is 4.72 Å². The molecule has 1 heterocycles. The van der Waals surface area contributed by atoms with E-state index in [1.54, 1.807) is 42.5 Å². The van der Waals surface area contributed by atoms with E-state index in [0.717, 1.165) is 86.1 Å². The Balaban J connectivity index is 1.58. The van der Waals surface area contributed by atoms with Crippen LogP contribution in [0.4, 0.5) is 33.6 Å². The second kappa shape index (κ2) is 18.4. The van der Waals surface area contributed by atoms with Gasteiger partial charge in [0, 0.05) is 21.9 Å². The molecule has 0 aliphatic carbocycles. The number of nitriles is 1. The van der Waals surface area contributed by atoms with E-state index in [0.29, 0.717) is 16.5 Å². The first-order valence-electron chi connectivity index (χ1n) is 17.9. The summed E-state index contributed by atoms with van der Waals surface area (Å²) in [5, 5.41) is 18.9. The smallest absolute Gasteiger partial charge is 0.261 e. The number of anilines is 4. The van der Waals surface area contributed by atoms with Gasteiger partial charge in [0.25, 0.3) is 10.0 Å². The zero-order valence-electron chi connectivity index (χ0n) is 29.7. The molecule has 4 aromatic carbocycles. The fraction of sp³-hybridized carbons (Fsp3) is 0.317. The predicted molar refractivity (Wildman–Crippen MR) is 210 cm³/mol. The molecule has 1 aromatic heterocycles. The van der Waals surface area contributed by atoms with Crippen LogP contribution in [-0.2, 0) is 29.3 Å². The van der Waals surface area contributed by atoms with Crippen LogP contribution in [0.3, 0.4) is 0 Å². The minimum atomic E-state index is -3.97. The summed E-state index contributed by atoms with van der Waals surface area (Å²) in [7, 11) is -3.97. The molecule has 264 valence electrons. The largest absolute Gasteiger partial charge is 0.310 e. The second-order valence-electron chi connectivity index (χ2n) is 12.5. The van der Waals surface area contributed by atoms with E-state index in [2.05, 4.69) is 100 Å². The number of sulfonamides is 1. The van der Waals surface area contributed by atoms with Crippen LogP contribution in [0.1, 0.15) is 87.4 Å². The number of rotatable bonds is 18. The van der Waals surface area contributed by atoms with Crippen LogP contribution >= 0.6 is 11.3 Å². The van der Waals surface area contributed by atoms with E-state index in [4.69, 9.17) is 0 Å². The highest BCUT2D eigenvalue weighted by Crippen LogP contribution is 2.40. The normalized spacial score (nSPS) is 11.5. The molecule has 0 fully saturated rings. The highest BCUT2D eigenvalue weighted by atomic mass is 32.2. The molecule has 0 aliphatic heterocycles. The molecular formula is C41H46N6O2S2. The average Bonchev–Trinajstić information content (AvgIpc) is 3.56. The number of unbranched alkanes of at least 4 members (excludes halogenated alkanes) is 4. The maximum absolute atomic E-state index is 13.7. The third kappa shape index (κ3) is 10.1. The molecule has 1 N–H and O–H groups in total. The Bertz CT molecular complexity index is 1980. The summed E-state index contributed by atoms with van der Waals surface area (Å²) in [4.78, 5) is 7.54. The Morgan fingerprint density at radius 1 is 0.725 bits per heavy atom. The molecule has 0 bridgehead atoms. The van der Waals surface area contributed by atoms with E-state index in [1.807, 2.05) is 6.07 Å². The van der Waals surface area contributed by atoms with Gasteiger partial charge in [-0.2, -0.15) is 5.26 Å². The molecule has 0 unspecified atom stereocenters. The quantitative estimate of drug-likeness (QED) is 0.0716. The Morgan fingerprint density at radius 3 is 1.88 bits per heavy atom. The highest BCUT2D eigenvalue weighted by Gasteiger charge is 2.20. The van der Waals surface area contributed by atoms with Crippen molar-refractivity contribution in [3.63, 3.8) is 0 Å². The number of thiazole rings is 1. The molecule has 0 spiro atoms. The van der Waals surface area contributed by atoms with Crippen LogP contribution < -0.4 is 9.62 Å². The molecule has 0 amide bonds. The van der Waals surface area contributed by atoms with Crippen LogP contribution in [0.2, 0.25) is 0 Å². The number of benzene rings is 4. The molecule has 5 rings (SSSR count). The van der Waals surface area contributed by atoms with E-state index in [1.165, 1.54) is 22.5 Å². The first kappa shape index (κ1) is 37.4. The van der Waals surface area contributed by atoms with Gasteiger partial charge in [0.15, 0.2) is 5.69 Å². The monoisotopic (exact) mass is 718 g/mol. The topological polar surface area (TPSA) is 111 Å². The summed E-state index contributed by atoms with van der Waals surface area (Å²) in [5.41, 5.74) is 6.16. The SMILES string of the molecule is CCCCCc1sc(N=Nc2ccc(N(c3ccc(CCCC)cc3)c3ccc(CCCC)cc3)cc2NS(=O)(=O)c2ccccc2)nc1C#N. The van der Waals surface area contributed by atoms with Crippen LogP contribution in [0.25, 0.3) is 0 Å². The number of hydrogen-bond donors (Lipinski definition) is 1. The third-order valence-corrected chi connectivity index (χ3v) is 11.0. The van der Waals surface area contributed by atoms with E-state index in [9.17, 15) is 13.7 Å². The molecule has 0 radical (unpaired) electrons. The summed E-state index contributed by atoms with van der Waals surface area (Å²) in [5.74, 6) is 0. The second-order valence-corrected chi connectivity index (χ2v) is 15.3. The van der Waals surface area contributed by atoms with Crippen molar-refractivity contribution >= 4 is 54.9 Å². The van der Waals surface area contributed by atoms with Crippen molar-refractivity contribution in [2.24, 2.45) is 10.2 Å². The molecule has 51 heavy (non-hydrogen) atoms. The van der Waals surface area contributed by atoms with Crippen LogP contribution in [0.5, 0.6) is 0 Å². The zero-order valence-corrected chi connectivity index (χ0v) is 31.3. The number of hydrogen-bond acceptors (Lipinski definition) is 8. The predicted octanol–water partition coefficient (Wildman–Crippen LogP) is 12.1. The lowest BCUT2D eigenvalue weighted by Crippen LogP contribution is -2.14. The fourth-order valence-electron chi connectivity index (χ4n) is 5.74. The first-order chi connectivity index (χ1) is 24.8. The Kier molecular flexibility index (Phi) is 13.5. The van der Waals surface area contributed by atoms with Crippen LogP contribution in [-0.4, -0.2) is 13.4 Å². The maximum Gasteiger partial charge on any atom is 0.261 e. The van der Waals surface area contributed by atoms with E-state index < -0.39 is 10.0 Å². The van der Waals surface area contributed by atoms with Crippen molar-refractivity contribution < 1.29 is 8.42 Å². The molecule has 0 aliphatic rings. The van der Waals surface area contributed by atoms with Crippen LogP contribution in [0, 0.1) is 11.3 Å². The average molecular weight is 719 g/mol. The lowest BCUT2D eigenvalue weighted by atomic mass is 10.1. The lowest BCUT2D eigenvalue weighted by Gasteiger charge is -2.27. The summed E-state index contributed by atoms with van der Waals surface area (Å²) in [6.45, 7) is 6.53. The minimum absolute atomic E-state index is 0.135. The van der Waals surface area contributed by atoms with Gasteiger partial charge >= 0.3 is 0 Å². The van der Waals surface area contributed by atoms with Gasteiger partial charge in [-0.15, -0.1) is 10.2 Å². The maximum atomic E-state index is 13.7.